The summed E-state index contributed by atoms with van der Waals surface area (Å²) in [5.41, 5.74) is 2.57. The highest BCUT2D eigenvalue weighted by Gasteiger charge is 2.17. The Balaban J connectivity index is 1.57. The van der Waals surface area contributed by atoms with Crippen molar-refractivity contribution in [2.24, 2.45) is 5.92 Å². The third-order valence-electron chi connectivity index (χ3n) is 5.35. The molecule has 3 aromatic rings. The molecule has 0 atom stereocenters. The van der Waals surface area contributed by atoms with Crippen LogP contribution in [0.5, 0.6) is 5.75 Å². The summed E-state index contributed by atoms with van der Waals surface area (Å²) in [5, 5.41) is 5.43. The summed E-state index contributed by atoms with van der Waals surface area (Å²) in [5.74, 6) is 1.23. The normalized spacial score (nSPS) is 14.5. The van der Waals surface area contributed by atoms with Crippen molar-refractivity contribution in [3.8, 4) is 5.75 Å². The molecule has 0 N–H and O–H groups in total. The van der Waals surface area contributed by atoms with E-state index in [2.05, 4.69) is 27.1 Å². The van der Waals surface area contributed by atoms with Gasteiger partial charge in [0.05, 0.1) is 37.5 Å². The van der Waals surface area contributed by atoms with E-state index in [1.165, 1.54) is 32.8 Å². The van der Waals surface area contributed by atoms with Crippen molar-refractivity contribution >= 4 is 32.8 Å². The van der Waals surface area contributed by atoms with Gasteiger partial charge in [-0.25, -0.2) is 4.79 Å². The molecule has 0 aliphatic heterocycles. The van der Waals surface area contributed by atoms with Crippen LogP contribution < -0.4 is 4.74 Å². The molecule has 0 unspecified atom stereocenters. The van der Waals surface area contributed by atoms with Crippen molar-refractivity contribution in [3.05, 3.63) is 58.2 Å². The number of nitrogens with zero attached hydrogens (tertiary/aromatic N) is 2. The van der Waals surface area contributed by atoms with E-state index in [-0.39, 0.29) is 5.97 Å². The number of hydrogen-bond donors (Lipinski definition) is 0. The Morgan fingerprint density at radius 1 is 1.21 bits per heavy atom. The Morgan fingerprint density at radius 2 is 2.04 bits per heavy atom. The number of aromatic nitrogens is 2. The fourth-order valence-corrected chi connectivity index (χ4v) is 4.22. The Labute approximate surface area is 172 Å². The first-order chi connectivity index (χ1) is 13.6. The largest absolute Gasteiger partial charge is 0.493 e. The van der Waals surface area contributed by atoms with Gasteiger partial charge in [-0.1, -0.05) is 28.8 Å². The molecule has 2 aromatic carbocycles. The Morgan fingerprint density at radius 3 is 2.82 bits per heavy atom. The second-order valence-electron chi connectivity index (χ2n) is 7.28. The van der Waals surface area contributed by atoms with Crippen molar-refractivity contribution in [2.45, 2.75) is 32.2 Å². The molecular formula is C22H23BrN2O3. The fraction of sp³-hybridized carbons (Fsp3) is 0.364. The van der Waals surface area contributed by atoms with E-state index >= 15 is 0 Å². The van der Waals surface area contributed by atoms with E-state index in [9.17, 15) is 4.79 Å². The Bertz CT molecular complexity index is 993. The molecule has 0 radical (unpaired) electrons. The molecule has 1 fully saturated rings. The van der Waals surface area contributed by atoms with E-state index in [0.29, 0.717) is 18.0 Å². The average Bonchev–Trinajstić information content (AvgIpc) is 3.36. The highest BCUT2D eigenvalue weighted by atomic mass is 79.9. The molecule has 6 heteroatoms. The minimum absolute atomic E-state index is 0.343. The summed E-state index contributed by atoms with van der Waals surface area (Å²) in [6, 6.07) is 11.6. The van der Waals surface area contributed by atoms with Gasteiger partial charge in [0.15, 0.2) is 0 Å². The van der Waals surface area contributed by atoms with Crippen molar-refractivity contribution in [2.75, 3.05) is 13.7 Å². The molecule has 5 nitrogen and oxygen atoms in total. The lowest BCUT2D eigenvalue weighted by Gasteiger charge is -2.15. The predicted octanol–water partition coefficient (Wildman–Crippen LogP) is 5.20. The van der Waals surface area contributed by atoms with Gasteiger partial charge in [0.2, 0.25) is 0 Å². The molecule has 1 aromatic heterocycles. The van der Waals surface area contributed by atoms with Gasteiger partial charge in [-0.15, -0.1) is 0 Å². The zero-order chi connectivity index (χ0) is 19.5. The highest BCUT2D eigenvalue weighted by molar-refractivity contribution is 9.10. The summed E-state index contributed by atoms with van der Waals surface area (Å²) in [6.45, 7) is 1.37. The molecule has 28 heavy (non-hydrogen) atoms. The minimum Gasteiger partial charge on any atom is -0.493 e. The average molecular weight is 443 g/mol. The number of carbonyl (C=O) groups is 1. The highest BCUT2D eigenvalue weighted by Crippen LogP contribution is 2.29. The second-order valence-corrected chi connectivity index (χ2v) is 8.20. The van der Waals surface area contributed by atoms with Gasteiger partial charge < -0.3 is 9.47 Å². The number of ether oxygens (including phenoxy) is 2. The maximum Gasteiger partial charge on any atom is 0.337 e. The van der Waals surface area contributed by atoms with Crippen molar-refractivity contribution in [1.29, 1.82) is 0 Å². The van der Waals surface area contributed by atoms with Gasteiger partial charge in [0, 0.05) is 15.4 Å². The molecule has 0 saturated heterocycles. The van der Waals surface area contributed by atoms with E-state index in [1.54, 1.807) is 12.3 Å². The van der Waals surface area contributed by atoms with Crippen molar-refractivity contribution in [3.63, 3.8) is 0 Å². The van der Waals surface area contributed by atoms with Crippen LogP contribution in [0.3, 0.4) is 0 Å². The van der Waals surface area contributed by atoms with Crippen LogP contribution in [0, 0.1) is 5.92 Å². The van der Waals surface area contributed by atoms with Crippen LogP contribution in [0.2, 0.25) is 0 Å². The number of methoxy groups -OCH3 is 1. The summed E-state index contributed by atoms with van der Waals surface area (Å²) in [6.07, 6.45) is 6.93. The van der Waals surface area contributed by atoms with Crippen molar-refractivity contribution in [1.82, 2.24) is 9.78 Å². The third kappa shape index (κ3) is 4.07. The number of rotatable bonds is 6. The SMILES string of the molecule is COC(=O)c1ccc2c(cnn2Cc2cc(Br)ccc2OCC2CCCC2)c1. The first kappa shape index (κ1) is 19.0. The first-order valence-corrected chi connectivity index (χ1v) is 10.4. The van der Waals surface area contributed by atoms with Crippen LogP contribution in [0.25, 0.3) is 10.9 Å². The standard InChI is InChI=1S/C22H23BrN2O3/c1-27-22(26)16-6-8-20-17(10-16)12-24-25(20)13-18-11-19(23)7-9-21(18)28-14-15-4-2-3-5-15/h6-12,15H,2-5,13-14H2,1H3. The zero-order valence-corrected chi connectivity index (χ0v) is 17.4. The summed E-state index contributed by atoms with van der Waals surface area (Å²) >= 11 is 3.56. The molecular weight excluding hydrogens is 420 g/mol. The van der Waals surface area contributed by atoms with Crippen LogP contribution in [0.4, 0.5) is 0 Å². The smallest absolute Gasteiger partial charge is 0.337 e. The molecule has 1 aliphatic rings. The molecule has 1 aliphatic carbocycles. The minimum atomic E-state index is -0.343. The molecule has 1 heterocycles. The van der Waals surface area contributed by atoms with Gasteiger partial charge in [0.1, 0.15) is 5.75 Å². The molecule has 1 saturated carbocycles. The number of esters is 1. The number of halogens is 1. The topological polar surface area (TPSA) is 53.3 Å². The summed E-state index contributed by atoms with van der Waals surface area (Å²) < 4.78 is 13.9. The van der Waals surface area contributed by atoms with Crippen LogP contribution in [0.1, 0.15) is 41.6 Å². The monoisotopic (exact) mass is 442 g/mol. The van der Waals surface area contributed by atoms with Gasteiger partial charge in [-0.3, -0.25) is 4.68 Å². The third-order valence-corrected chi connectivity index (χ3v) is 5.85. The van der Waals surface area contributed by atoms with Gasteiger partial charge in [-0.2, -0.15) is 5.10 Å². The fourth-order valence-electron chi connectivity index (χ4n) is 3.82. The molecule has 0 bridgehead atoms. The Hall–Kier alpha value is -2.34. The second kappa shape index (κ2) is 8.35. The van der Waals surface area contributed by atoms with Crippen LogP contribution in [-0.4, -0.2) is 29.5 Å². The zero-order valence-electron chi connectivity index (χ0n) is 15.9. The predicted molar refractivity (Wildman–Crippen MR) is 112 cm³/mol. The van der Waals surface area contributed by atoms with Crippen LogP contribution >= 0.6 is 15.9 Å². The number of fused-ring (bicyclic) bond motifs is 1. The number of hydrogen-bond acceptors (Lipinski definition) is 4. The quantitative estimate of drug-likeness (QED) is 0.492. The number of benzene rings is 2. The first-order valence-electron chi connectivity index (χ1n) is 9.59. The molecule has 4 rings (SSSR count). The lowest BCUT2D eigenvalue weighted by molar-refractivity contribution is 0.0601. The van der Waals surface area contributed by atoms with Crippen LogP contribution in [0.15, 0.2) is 47.1 Å². The van der Waals surface area contributed by atoms with E-state index in [4.69, 9.17) is 9.47 Å². The lowest BCUT2D eigenvalue weighted by Crippen LogP contribution is -2.10. The van der Waals surface area contributed by atoms with E-state index < -0.39 is 0 Å². The van der Waals surface area contributed by atoms with Gasteiger partial charge >= 0.3 is 5.97 Å². The lowest BCUT2D eigenvalue weighted by atomic mass is 10.1. The maximum absolute atomic E-state index is 11.7. The van der Waals surface area contributed by atoms with Gasteiger partial charge in [-0.05, 0) is 55.2 Å². The van der Waals surface area contributed by atoms with E-state index in [0.717, 1.165) is 33.3 Å². The molecule has 0 spiro atoms. The van der Waals surface area contributed by atoms with E-state index in [1.807, 2.05) is 28.9 Å². The number of carbonyl (C=O) groups excluding carboxylic acids is 1. The molecule has 146 valence electrons. The maximum atomic E-state index is 11.7. The Kier molecular flexibility index (Phi) is 5.67. The summed E-state index contributed by atoms with van der Waals surface area (Å²) in [4.78, 5) is 11.7. The van der Waals surface area contributed by atoms with Crippen LogP contribution in [-0.2, 0) is 11.3 Å². The molecule has 0 amide bonds. The van der Waals surface area contributed by atoms with Gasteiger partial charge in [0.25, 0.3) is 0 Å². The van der Waals surface area contributed by atoms with Crippen molar-refractivity contribution < 1.29 is 14.3 Å². The summed E-state index contributed by atoms with van der Waals surface area (Å²) in [7, 11) is 1.39.